The summed E-state index contributed by atoms with van der Waals surface area (Å²) in [6, 6.07) is 0.301. The van der Waals surface area contributed by atoms with Crippen LogP contribution in [0.2, 0.25) is 0 Å². The average molecular weight is 273 g/mol. The van der Waals surface area contributed by atoms with Gasteiger partial charge in [-0.2, -0.15) is 0 Å². The molecule has 5 nitrogen and oxygen atoms in total. The van der Waals surface area contributed by atoms with Gasteiger partial charge in [0.2, 0.25) is 0 Å². The normalized spacial score (nSPS) is 20.9. The second-order valence-corrected chi connectivity index (χ2v) is 4.39. The Morgan fingerprint density at radius 2 is 2.53 bits per heavy atom. The van der Waals surface area contributed by atoms with Crippen molar-refractivity contribution >= 4 is 21.7 Å². The van der Waals surface area contributed by atoms with Gasteiger partial charge in [-0.25, -0.2) is 4.98 Å². The van der Waals surface area contributed by atoms with Crippen LogP contribution < -0.4 is 16.2 Å². The number of rotatable bonds is 2. The van der Waals surface area contributed by atoms with Crippen LogP contribution in [0.5, 0.6) is 0 Å². The number of nitrogens with one attached hydrogen (secondary N) is 1. The Kier molecular flexibility index (Phi) is 3.06. The Morgan fingerprint density at radius 3 is 3.27 bits per heavy atom. The maximum absolute atomic E-state index is 11.4. The van der Waals surface area contributed by atoms with E-state index in [1.54, 1.807) is 0 Å². The number of nitrogens with two attached hydrogens (primary N) is 1. The van der Waals surface area contributed by atoms with Crippen molar-refractivity contribution in [3.8, 4) is 0 Å². The smallest absolute Gasteiger partial charge is 0.267 e. The Hall–Kier alpha value is -0.880. The van der Waals surface area contributed by atoms with Gasteiger partial charge in [0.05, 0.1) is 6.33 Å². The van der Waals surface area contributed by atoms with Crippen LogP contribution in [0.3, 0.4) is 0 Å². The van der Waals surface area contributed by atoms with Gasteiger partial charge in [-0.15, -0.1) is 0 Å². The molecular formula is C9H13BrN4O. The zero-order valence-corrected chi connectivity index (χ0v) is 9.83. The van der Waals surface area contributed by atoms with Crippen molar-refractivity contribution in [1.29, 1.82) is 0 Å². The van der Waals surface area contributed by atoms with Crippen LogP contribution in [0, 0.1) is 0 Å². The molecule has 0 radical (unpaired) electrons. The molecule has 0 aromatic carbocycles. The molecule has 15 heavy (non-hydrogen) atoms. The van der Waals surface area contributed by atoms with E-state index in [1.807, 2.05) is 0 Å². The van der Waals surface area contributed by atoms with Gasteiger partial charge >= 0.3 is 0 Å². The number of hydrogen-bond donors (Lipinski definition) is 2. The molecule has 0 saturated carbocycles. The first-order valence-corrected chi connectivity index (χ1v) is 5.73. The number of hydrogen-bond acceptors (Lipinski definition) is 4. The Bertz CT molecular complexity index is 405. The summed E-state index contributed by atoms with van der Waals surface area (Å²) in [6.45, 7) is 1.51. The van der Waals surface area contributed by atoms with Crippen molar-refractivity contribution in [2.24, 2.45) is 5.73 Å². The Morgan fingerprint density at radius 1 is 1.73 bits per heavy atom. The largest absolute Gasteiger partial charge is 0.351 e. The fourth-order valence-corrected chi connectivity index (χ4v) is 2.38. The van der Waals surface area contributed by atoms with Crippen molar-refractivity contribution in [1.82, 2.24) is 9.97 Å². The van der Waals surface area contributed by atoms with E-state index >= 15 is 0 Å². The van der Waals surface area contributed by atoms with Crippen molar-refractivity contribution in [2.75, 3.05) is 18.0 Å². The lowest BCUT2D eigenvalue weighted by molar-refractivity contribution is 0.669. The van der Waals surface area contributed by atoms with Gasteiger partial charge in [0, 0.05) is 19.1 Å². The molecule has 0 bridgehead atoms. The van der Waals surface area contributed by atoms with Gasteiger partial charge in [0.1, 0.15) is 4.47 Å². The summed E-state index contributed by atoms with van der Waals surface area (Å²) < 4.78 is 0.491. The number of aromatic nitrogens is 2. The van der Waals surface area contributed by atoms with Gasteiger partial charge in [0.25, 0.3) is 5.56 Å². The fourth-order valence-electron chi connectivity index (χ4n) is 1.93. The highest BCUT2D eigenvalue weighted by molar-refractivity contribution is 9.10. The summed E-state index contributed by atoms with van der Waals surface area (Å²) >= 11 is 3.26. The van der Waals surface area contributed by atoms with Gasteiger partial charge in [-0.05, 0) is 28.8 Å². The third kappa shape index (κ3) is 1.91. The second kappa shape index (κ2) is 4.32. The molecule has 1 saturated heterocycles. The van der Waals surface area contributed by atoms with E-state index in [0.29, 0.717) is 22.9 Å². The first kappa shape index (κ1) is 10.6. The third-order valence-electron chi connectivity index (χ3n) is 2.70. The van der Waals surface area contributed by atoms with E-state index < -0.39 is 0 Å². The lowest BCUT2D eigenvalue weighted by Crippen LogP contribution is -2.37. The molecule has 82 valence electrons. The SMILES string of the molecule is NCC1CCCN1c1nc[nH]c(=O)c1Br. The number of aromatic amines is 1. The van der Waals surface area contributed by atoms with Gasteiger partial charge in [0.15, 0.2) is 5.82 Å². The minimum Gasteiger partial charge on any atom is -0.351 e. The first-order valence-electron chi connectivity index (χ1n) is 4.94. The predicted octanol–water partition coefficient (Wildman–Crippen LogP) is 0.460. The maximum Gasteiger partial charge on any atom is 0.267 e. The minimum absolute atomic E-state index is 0.150. The summed E-state index contributed by atoms with van der Waals surface area (Å²) in [5.74, 6) is 0.701. The molecule has 1 aromatic heterocycles. The summed E-state index contributed by atoms with van der Waals surface area (Å²) in [6.07, 6.45) is 3.59. The maximum atomic E-state index is 11.4. The van der Waals surface area contributed by atoms with E-state index in [9.17, 15) is 4.79 Å². The number of halogens is 1. The summed E-state index contributed by atoms with van der Waals surface area (Å²) in [4.78, 5) is 20.2. The van der Waals surface area contributed by atoms with Crippen molar-refractivity contribution in [3.63, 3.8) is 0 Å². The molecule has 0 amide bonds. The zero-order chi connectivity index (χ0) is 10.8. The Labute approximate surface area is 95.8 Å². The fraction of sp³-hybridized carbons (Fsp3) is 0.556. The van der Waals surface area contributed by atoms with Crippen LogP contribution in [0.15, 0.2) is 15.6 Å². The number of nitrogens with zero attached hydrogens (tertiary/aromatic N) is 2. The minimum atomic E-state index is -0.150. The molecule has 2 heterocycles. The molecule has 0 spiro atoms. The molecule has 1 aliphatic heterocycles. The molecule has 2 rings (SSSR count). The monoisotopic (exact) mass is 272 g/mol. The molecule has 1 atom stereocenters. The molecule has 1 aromatic rings. The lowest BCUT2D eigenvalue weighted by atomic mass is 10.2. The summed E-state index contributed by atoms with van der Waals surface area (Å²) in [5, 5.41) is 0. The van der Waals surface area contributed by atoms with E-state index in [2.05, 4.69) is 30.8 Å². The molecule has 3 N–H and O–H groups in total. The highest BCUT2D eigenvalue weighted by Gasteiger charge is 2.26. The lowest BCUT2D eigenvalue weighted by Gasteiger charge is -2.24. The first-order chi connectivity index (χ1) is 7.24. The average Bonchev–Trinajstić information content (AvgIpc) is 2.70. The quantitative estimate of drug-likeness (QED) is 0.821. The van der Waals surface area contributed by atoms with Crippen LogP contribution in [0.4, 0.5) is 5.82 Å². The van der Waals surface area contributed by atoms with Crippen molar-refractivity contribution < 1.29 is 0 Å². The van der Waals surface area contributed by atoms with E-state index in [4.69, 9.17) is 5.73 Å². The van der Waals surface area contributed by atoms with Crippen LogP contribution in [-0.4, -0.2) is 29.1 Å². The molecular weight excluding hydrogens is 260 g/mol. The topological polar surface area (TPSA) is 75.0 Å². The molecule has 1 aliphatic rings. The molecule has 1 fully saturated rings. The van der Waals surface area contributed by atoms with Gasteiger partial charge in [-0.1, -0.05) is 0 Å². The van der Waals surface area contributed by atoms with Crippen LogP contribution in [0.25, 0.3) is 0 Å². The standard InChI is InChI=1S/C9H13BrN4O/c10-7-8(12-5-13-9(7)15)14-3-1-2-6(14)4-11/h5-6H,1-4,11H2,(H,12,13,15). The molecule has 0 aliphatic carbocycles. The van der Waals surface area contributed by atoms with Crippen LogP contribution in [-0.2, 0) is 0 Å². The van der Waals surface area contributed by atoms with Crippen molar-refractivity contribution in [2.45, 2.75) is 18.9 Å². The van der Waals surface area contributed by atoms with Gasteiger partial charge in [-0.3, -0.25) is 4.79 Å². The zero-order valence-electron chi connectivity index (χ0n) is 8.24. The summed E-state index contributed by atoms with van der Waals surface area (Å²) in [7, 11) is 0. The Balaban J connectivity index is 2.36. The summed E-state index contributed by atoms with van der Waals surface area (Å²) in [5.41, 5.74) is 5.53. The predicted molar refractivity (Wildman–Crippen MR) is 62.0 cm³/mol. The number of H-pyrrole nitrogens is 1. The molecule has 6 heteroatoms. The van der Waals surface area contributed by atoms with E-state index in [-0.39, 0.29) is 5.56 Å². The van der Waals surface area contributed by atoms with Crippen molar-refractivity contribution in [3.05, 3.63) is 21.2 Å². The van der Waals surface area contributed by atoms with E-state index in [1.165, 1.54) is 6.33 Å². The molecule has 1 unspecified atom stereocenters. The highest BCUT2D eigenvalue weighted by Crippen LogP contribution is 2.26. The van der Waals surface area contributed by atoms with Crippen LogP contribution in [0.1, 0.15) is 12.8 Å². The third-order valence-corrected chi connectivity index (χ3v) is 3.41. The second-order valence-electron chi connectivity index (χ2n) is 3.59. The van der Waals surface area contributed by atoms with Crippen LogP contribution >= 0.6 is 15.9 Å². The van der Waals surface area contributed by atoms with Gasteiger partial charge < -0.3 is 15.6 Å². The number of anilines is 1. The highest BCUT2D eigenvalue weighted by atomic mass is 79.9. The van der Waals surface area contributed by atoms with E-state index in [0.717, 1.165) is 19.4 Å².